The van der Waals surface area contributed by atoms with Crippen molar-refractivity contribution in [1.82, 2.24) is 5.06 Å². The van der Waals surface area contributed by atoms with Gasteiger partial charge in [0.25, 0.3) is 5.91 Å². The van der Waals surface area contributed by atoms with E-state index in [1.54, 1.807) is 6.92 Å². The number of aliphatic hydroxyl groups is 1. The van der Waals surface area contributed by atoms with Gasteiger partial charge in [0.2, 0.25) is 0 Å². The van der Waals surface area contributed by atoms with Gasteiger partial charge in [0.05, 0.1) is 6.54 Å². The molecule has 1 saturated heterocycles. The lowest BCUT2D eigenvalue weighted by Gasteiger charge is -2.13. The molecule has 1 heterocycles. The number of β-amino-alcohol motifs (C(OH)–C–C–N with tert-alkyl or cyclic N) is 1. The summed E-state index contributed by atoms with van der Waals surface area (Å²) in [6.45, 7) is 4.20. The molecule has 1 fully saturated rings. The summed E-state index contributed by atoms with van der Waals surface area (Å²) in [7, 11) is 0. The number of carbonyl (C=O) groups excluding carboxylic acids is 1. The van der Waals surface area contributed by atoms with Crippen molar-refractivity contribution in [3.05, 3.63) is 11.6 Å². The molecule has 4 nitrogen and oxygen atoms in total. The van der Waals surface area contributed by atoms with Crippen molar-refractivity contribution in [3.8, 4) is 0 Å². The molecule has 1 amide bonds. The third-order valence-electron chi connectivity index (χ3n) is 1.87. The molecular formula is C9H15NO3. The van der Waals surface area contributed by atoms with Crippen LogP contribution in [0, 0.1) is 0 Å². The molecule has 0 aliphatic carbocycles. The number of hydroxylamine groups is 2. The van der Waals surface area contributed by atoms with E-state index in [4.69, 9.17) is 9.94 Å². The van der Waals surface area contributed by atoms with Crippen molar-refractivity contribution >= 4 is 5.91 Å². The number of aliphatic hydroxyl groups excluding tert-OH is 1. The van der Waals surface area contributed by atoms with Crippen LogP contribution in [0.5, 0.6) is 0 Å². The Bertz CT molecular complexity index is 225. The van der Waals surface area contributed by atoms with Crippen LogP contribution in [0.2, 0.25) is 0 Å². The number of allylic oxidation sites excluding steroid dienone is 1. The highest BCUT2D eigenvalue weighted by molar-refractivity contribution is 5.92. The summed E-state index contributed by atoms with van der Waals surface area (Å²) in [4.78, 5) is 16.5. The van der Waals surface area contributed by atoms with Gasteiger partial charge in [-0.25, -0.2) is 5.06 Å². The maximum atomic E-state index is 11.5. The number of hydrogen-bond donors (Lipinski definition) is 1. The molecule has 74 valence electrons. The number of nitrogens with zero attached hydrogens (tertiary/aromatic N) is 1. The maximum absolute atomic E-state index is 11.5. The summed E-state index contributed by atoms with van der Waals surface area (Å²) in [5.41, 5.74) is 0.664. The van der Waals surface area contributed by atoms with E-state index >= 15 is 0 Å². The van der Waals surface area contributed by atoms with Gasteiger partial charge in [0.15, 0.2) is 0 Å². The van der Waals surface area contributed by atoms with Gasteiger partial charge in [-0.15, -0.1) is 0 Å². The van der Waals surface area contributed by atoms with E-state index in [2.05, 4.69) is 0 Å². The number of hydrogen-bond acceptors (Lipinski definition) is 3. The van der Waals surface area contributed by atoms with Crippen molar-refractivity contribution in [2.24, 2.45) is 0 Å². The van der Waals surface area contributed by atoms with Crippen molar-refractivity contribution in [2.45, 2.75) is 26.4 Å². The molecule has 13 heavy (non-hydrogen) atoms. The minimum Gasteiger partial charge on any atom is -0.389 e. The minimum atomic E-state index is -0.543. The Morgan fingerprint density at radius 3 is 2.92 bits per heavy atom. The fourth-order valence-electron chi connectivity index (χ4n) is 1.20. The van der Waals surface area contributed by atoms with Gasteiger partial charge in [-0.05, 0) is 13.3 Å². The predicted octanol–water partition coefficient (Wildman–Crippen LogP) is 0.477. The van der Waals surface area contributed by atoms with Crippen LogP contribution in [-0.2, 0) is 9.63 Å². The predicted molar refractivity (Wildman–Crippen MR) is 47.7 cm³/mol. The summed E-state index contributed by atoms with van der Waals surface area (Å²) in [5.74, 6) is -0.154. The SMILES string of the molecule is CC/C=C(/C)C(=O)N1CC(O)CO1. The fraction of sp³-hybridized carbons (Fsp3) is 0.667. The van der Waals surface area contributed by atoms with E-state index in [0.29, 0.717) is 5.57 Å². The average Bonchev–Trinajstić information content (AvgIpc) is 2.51. The topological polar surface area (TPSA) is 49.8 Å². The van der Waals surface area contributed by atoms with Crippen LogP contribution in [-0.4, -0.2) is 35.3 Å². The normalized spacial score (nSPS) is 23.8. The van der Waals surface area contributed by atoms with E-state index in [1.807, 2.05) is 13.0 Å². The Morgan fingerprint density at radius 1 is 1.77 bits per heavy atom. The van der Waals surface area contributed by atoms with Gasteiger partial charge >= 0.3 is 0 Å². The van der Waals surface area contributed by atoms with Crippen LogP contribution >= 0.6 is 0 Å². The molecule has 1 atom stereocenters. The molecule has 0 aromatic heterocycles. The molecule has 0 bridgehead atoms. The zero-order valence-electron chi connectivity index (χ0n) is 7.99. The van der Waals surface area contributed by atoms with Crippen LogP contribution in [0.4, 0.5) is 0 Å². The maximum Gasteiger partial charge on any atom is 0.272 e. The number of carbonyl (C=O) groups is 1. The van der Waals surface area contributed by atoms with Gasteiger partial charge in [-0.1, -0.05) is 13.0 Å². The first kappa shape index (κ1) is 10.2. The quantitative estimate of drug-likeness (QED) is 0.636. The highest BCUT2D eigenvalue weighted by atomic mass is 16.7. The molecule has 1 unspecified atom stereocenters. The molecule has 0 radical (unpaired) electrons. The van der Waals surface area contributed by atoms with Crippen molar-refractivity contribution in [2.75, 3.05) is 13.2 Å². The summed E-state index contributed by atoms with van der Waals surface area (Å²) in [6, 6.07) is 0. The first-order valence-electron chi connectivity index (χ1n) is 4.44. The van der Waals surface area contributed by atoms with Crippen LogP contribution in [0.25, 0.3) is 0 Å². The molecule has 1 aliphatic rings. The first-order valence-corrected chi connectivity index (χ1v) is 4.44. The van der Waals surface area contributed by atoms with Crippen molar-refractivity contribution < 1.29 is 14.7 Å². The monoisotopic (exact) mass is 185 g/mol. The zero-order valence-corrected chi connectivity index (χ0v) is 7.99. The molecule has 4 heteroatoms. The highest BCUT2D eigenvalue weighted by Crippen LogP contribution is 2.10. The summed E-state index contributed by atoms with van der Waals surface area (Å²) < 4.78 is 0. The van der Waals surface area contributed by atoms with E-state index in [9.17, 15) is 4.79 Å². The Labute approximate surface area is 77.7 Å². The lowest BCUT2D eigenvalue weighted by molar-refractivity contribution is -0.164. The largest absolute Gasteiger partial charge is 0.389 e. The summed E-state index contributed by atoms with van der Waals surface area (Å²) >= 11 is 0. The Kier molecular flexibility index (Phi) is 3.45. The third-order valence-corrected chi connectivity index (χ3v) is 1.87. The summed E-state index contributed by atoms with van der Waals surface area (Å²) in [5, 5.41) is 10.3. The standard InChI is InChI=1S/C9H15NO3/c1-3-4-7(2)9(12)10-5-8(11)6-13-10/h4,8,11H,3,5-6H2,1-2H3/b7-4-. The van der Waals surface area contributed by atoms with Crippen molar-refractivity contribution in [1.29, 1.82) is 0 Å². The zero-order chi connectivity index (χ0) is 9.84. The molecule has 0 saturated carbocycles. The smallest absolute Gasteiger partial charge is 0.272 e. The second kappa shape index (κ2) is 4.39. The third kappa shape index (κ3) is 2.54. The van der Waals surface area contributed by atoms with Gasteiger partial charge in [-0.3, -0.25) is 9.63 Å². The average molecular weight is 185 g/mol. The second-order valence-corrected chi connectivity index (χ2v) is 3.11. The molecule has 0 spiro atoms. The number of amides is 1. The van der Waals surface area contributed by atoms with E-state index in [1.165, 1.54) is 5.06 Å². The van der Waals surface area contributed by atoms with E-state index < -0.39 is 6.10 Å². The van der Waals surface area contributed by atoms with Crippen LogP contribution in [0.1, 0.15) is 20.3 Å². The lowest BCUT2D eigenvalue weighted by Crippen LogP contribution is -2.29. The van der Waals surface area contributed by atoms with Gasteiger partial charge in [0, 0.05) is 5.57 Å². The Hall–Kier alpha value is -0.870. The van der Waals surface area contributed by atoms with Crippen LogP contribution in [0.15, 0.2) is 11.6 Å². The lowest BCUT2D eigenvalue weighted by atomic mass is 10.2. The highest BCUT2D eigenvalue weighted by Gasteiger charge is 2.26. The molecule has 1 rings (SSSR count). The number of rotatable bonds is 2. The van der Waals surface area contributed by atoms with Crippen LogP contribution in [0.3, 0.4) is 0 Å². The van der Waals surface area contributed by atoms with Crippen LogP contribution < -0.4 is 0 Å². The van der Waals surface area contributed by atoms with E-state index in [0.717, 1.165) is 6.42 Å². The molecule has 1 aliphatic heterocycles. The summed E-state index contributed by atoms with van der Waals surface area (Å²) in [6.07, 6.45) is 2.13. The minimum absolute atomic E-state index is 0.154. The molecule has 0 aromatic carbocycles. The van der Waals surface area contributed by atoms with Gasteiger partial charge in [0.1, 0.15) is 12.7 Å². The first-order chi connectivity index (χ1) is 6.15. The molecule has 1 N–H and O–H groups in total. The Balaban J connectivity index is 2.53. The van der Waals surface area contributed by atoms with Crippen molar-refractivity contribution in [3.63, 3.8) is 0 Å². The molecular weight excluding hydrogens is 170 g/mol. The molecule has 0 aromatic rings. The van der Waals surface area contributed by atoms with Gasteiger partial charge < -0.3 is 5.11 Å². The Morgan fingerprint density at radius 2 is 2.46 bits per heavy atom. The van der Waals surface area contributed by atoms with Gasteiger partial charge in [-0.2, -0.15) is 0 Å². The fourth-order valence-corrected chi connectivity index (χ4v) is 1.20. The second-order valence-electron chi connectivity index (χ2n) is 3.11. The van der Waals surface area contributed by atoms with E-state index in [-0.39, 0.29) is 19.1 Å².